The van der Waals surface area contributed by atoms with Crippen LogP contribution in [0.3, 0.4) is 0 Å². The zero-order valence-corrected chi connectivity index (χ0v) is 17.6. The highest BCUT2D eigenvalue weighted by atomic mass is 32.1. The van der Waals surface area contributed by atoms with E-state index in [2.05, 4.69) is 63.3 Å². The van der Waals surface area contributed by atoms with Gasteiger partial charge in [-0.1, -0.05) is 18.2 Å². The Morgan fingerprint density at radius 1 is 1.17 bits per heavy atom. The third-order valence-electron chi connectivity index (χ3n) is 5.15. The van der Waals surface area contributed by atoms with Gasteiger partial charge in [0.2, 0.25) is 0 Å². The van der Waals surface area contributed by atoms with Gasteiger partial charge in [0.25, 0.3) is 0 Å². The maximum absolute atomic E-state index is 4.86. The smallest absolute Gasteiger partial charge is 0.191 e. The van der Waals surface area contributed by atoms with Gasteiger partial charge < -0.3 is 15.5 Å². The van der Waals surface area contributed by atoms with Crippen molar-refractivity contribution in [3.05, 3.63) is 65.8 Å². The number of anilines is 1. The fourth-order valence-corrected chi connectivity index (χ4v) is 4.44. The maximum atomic E-state index is 4.86. The second-order valence-electron chi connectivity index (χ2n) is 7.13. The number of hydrogen-bond acceptors (Lipinski definition) is 4. The Kier molecular flexibility index (Phi) is 6.46. The van der Waals surface area contributed by atoms with Gasteiger partial charge in [-0.2, -0.15) is 5.10 Å². The van der Waals surface area contributed by atoms with Gasteiger partial charge in [0, 0.05) is 38.1 Å². The number of piperidine rings is 1. The van der Waals surface area contributed by atoms with Crippen molar-refractivity contribution < 1.29 is 0 Å². The number of hydrogen-bond donors (Lipinski definition) is 2. The van der Waals surface area contributed by atoms with Crippen molar-refractivity contribution in [2.75, 3.05) is 24.5 Å². The van der Waals surface area contributed by atoms with Gasteiger partial charge in [-0.15, -0.1) is 11.3 Å². The number of aromatic nitrogens is 2. The molecule has 0 saturated carbocycles. The molecule has 3 aromatic rings. The van der Waals surface area contributed by atoms with Crippen molar-refractivity contribution in [3.63, 3.8) is 0 Å². The van der Waals surface area contributed by atoms with Crippen LogP contribution in [0.25, 0.3) is 5.69 Å². The van der Waals surface area contributed by atoms with E-state index < -0.39 is 0 Å². The minimum Gasteiger partial charge on any atom is -0.363 e. The van der Waals surface area contributed by atoms with E-state index in [9.17, 15) is 0 Å². The van der Waals surface area contributed by atoms with Gasteiger partial charge in [0.1, 0.15) is 0 Å². The normalized spacial score (nSPS) is 15.5. The number of thiophene rings is 1. The molecule has 2 aromatic heterocycles. The molecule has 6 nitrogen and oxygen atoms in total. The van der Waals surface area contributed by atoms with Crippen LogP contribution in [-0.4, -0.2) is 41.4 Å². The van der Waals surface area contributed by atoms with Crippen LogP contribution in [0.5, 0.6) is 0 Å². The fraction of sp³-hybridized carbons (Fsp3) is 0.364. The minimum atomic E-state index is 0.449. The molecule has 0 spiro atoms. The first-order valence-electron chi connectivity index (χ1n) is 10.2. The van der Waals surface area contributed by atoms with E-state index in [1.165, 1.54) is 5.00 Å². The minimum absolute atomic E-state index is 0.449. The van der Waals surface area contributed by atoms with Crippen molar-refractivity contribution in [2.24, 2.45) is 4.99 Å². The molecule has 0 aliphatic carbocycles. The Morgan fingerprint density at radius 2 is 2.03 bits per heavy atom. The first-order valence-corrected chi connectivity index (χ1v) is 11.1. The molecular formula is C22H28N6S. The molecule has 0 radical (unpaired) electrons. The summed E-state index contributed by atoms with van der Waals surface area (Å²) < 4.78 is 1.89. The molecule has 1 saturated heterocycles. The Hall–Kier alpha value is -2.80. The summed E-state index contributed by atoms with van der Waals surface area (Å²) in [7, 11) is 0. The summed E-state index contributed by atoms with van der Waals surface area (Å²) in [5, 5.41) is 14.9. The van der Waals surface area contributed by atoms with Crippen LogP contribution in [0.2, 0.25) is 0 Å². The quantitative estimate of drug-likeness (QED) is 0.483. The van der Waals surface area contributed by atoms with Gasteiger partial charge in [0.15, 0.2) is 5.96 Å². The average molecular weight is 409 g/mol. The van der Waals surface area contributed by atoms with Crippen LogP contribution in [0.4, 0.5) is 5.00 Å². The molecule has 0 unspecified atom stereocenters. The standard InChI is InChI=1S/C22H28N6S/c1-2-23-22(26-19-10-14-27(15-11-19)21-9-5-16-29-21)24-17-18-7-3-4-8-20(18)28-13-6-12-25-28/h3-9,12-13,16,19H,2,10-11,14-15,17H2,1H3,(H2,23,24,26). The van der Waals surface area contributed by atoms with E-state index in [1.54, 1.807) is 6.20 Å². The van der Waals surface area contributed by atoms with E-state index in [0.29, 0.717) is 12.6 Å². The Bertz CT molecular complexity index is 895. The summed E-state index contributed by atoms with van der Waals surface area (Å²) in [5.41, 5.74) is 2.22. The highest BCUT2D eigenvalue weighted by molar-refractivity contribution is 7.14. The molecule has 1 aliphatic heterocycles. The molecule has 0 amide bonds. The molecule has 29 heavy (non-hydrogen) atoms. The zero-order valence-electron chi connectivity index (χ0n) is 16.8. The molecule has 1 fully saturated rings. The predicted molar refractivity (Wildman–Crippen MR) is 121 cm³/mol. The second kappa shape index (κ2) is 9.60. The van der Waals surface area contributed by atoms with Crippen molar-refractivity contribution in [3.8, 4) is 5.69 Å². The molecule has 152 valence electrons. The number of nitrogens with one attached hydrogen (secondary N) is 2. The van der Waals surface area contributed by atoms with Crippen LogP contribution in [0.1, 0.15) is 25.3 Å². The summed E-state index contributed by atoms with van der Waals surface area (Å²) in [5.74, 6) is 0.886. The number of aliphatic imine (C=N–C) groups is 1. The van der Waals surface area contributed by atoms with Gasteiger partial charge in [0.05, 0.1) is 17.2 Å². The van der Waals surface area contributed by atoms with Crippen molar-refractivity contribution in [2.45, 2.75) is 32.4 Å². The molecule has 1 aromatic carbocycles. The summed E-state index contributed by atoms with van der Waals surface area (Å²) in [6.45, 7) is 5.73. The molecular weight excluding hydrogens is 380 g/mol. The van der Waals surface area contributed by atoms with E-state index in [4.69, 9.17) is 4.99 Å². The largest absolute Gasteiger partial charge is 0.363 e. The van der Waals surface area contributed by atoms with Crippen LogP contribution >= 0.6 is 11.3 Å². The molecule has 0 bridgehead atoms. The summed E-state index contributed by atoms with van der Waals surface area (Å²) in [6.07, 6.45) is 6.00. The highest BCUT2D eigenvalue weighted by Crippen LogP contribution is 2.24. The predicted octanol–water partition coefficient (Wildman–Crippen LogP) is 3.66. The first kappa shape index (κ1) is 19.5. The maximum Gasteiger partial charge on any atom is 0.191 e. The summed E-state index contributed by atoms with van der Waals surface area (Å²) in [6, 6.07) is 15.0. The lowest BCUT2D eigenvalue weighted by atomic mass is 10.1. The number of guanidine groups is 1. The molecule has 7 heteroatoms. The lowest BCUT2D eigenvalue weighted by Crippen LogP contribution is -2.48. The molecule has 2 N–H and O–H groups in total. The number of nitrogens with zero attached hydrogens (tertiary/aromatic N) is 4. The van der Waals surface area contributed by atoms with E-state index >= 15 is 0 Å². The first-order chi connectivity index (χ1) is 14.3. The lowest BCUT2D eigenvalue weighted by molar-refractivity contribution is 0.463. The SMILES string of the molecule is CCNC(=NCc1ccccc1-n1cccn1)NC1CCN(c2cccs2)CC1. The van der Waals surface area contributed by atoms with Crippen molar-refractivity contribution >= 4 is 22.3 Å². The molecule has 3 heterocycles. The Morgan fingerprint density at radius 3 is 2.76 bits per heavy atom. The summed E-state index contributed by atoms with van der Waals surface area (Å²) >= 11 is 1.82. The number of para-hydroxylation sites is 1. The third-order valence-corrected chi connectivity index (χ3v) is 6.08. The van der Waals surface area contributed by atoms with Gasteiger partial charge >= 0.3 is 0 Å². The number of benzene rings is 1. The van der Waals surface area contributed by atoms with E-state index in [0.717, 1.165) is 49.7 Å². The fourth-order valence-electron chi connectivity index (χ4n) is 3.65. The molecule has 0 atom stereocenters. The van der Waals surface area contributed by atoms with Crippen LogP contribution in [-0.2, 0) is 6.54 Å². The van der Waals surface area contributed by atoms with Gasteiger partial charge in [-0.25, -0.2) is 9.67 Å². The average Bonchev–Trinajstić information content (AvgIpc) is 3.47. The van der Waals surface area contributed by atoms with Crippen molar-refractivity contribution in [1.29, 1.82) is 0 Å². The highest BCUT2D eigenvalue weighted by Gasteiger charge is 2.20. The molecule has 4 rings (SSSR count). The Labute approximate surface area is 176 Å². The van der Waals surface area contributed by atoms with Gasteiger partial charge in [-0.3, -0.25) is 0 Å². The van der Waals surface area contributed by atoms with Crippen LogP contribution in [0, 0.1) is 0 Å². The number of rotatable bonds is 6. The second-order valence-corrected chi connectivity index (χ2v) is 8.06. The van der Waals surface area contributed by atoms with Crippen molar-refractivity contribution in [1.82, 2.24) is 20.4 Å². The monoisotopic (exact) mass is 408 g/mol. The van der Waals surface area contributed by atoms with E-state index in [1.807, 2.05) is 34.3 Å². The van der Waals surface area contributed by atoms with E-state index in [-0.39, 0.29) is 0 Å². The van der Waals surface area contributed by atoms with Gasteiger partial charge in [-0.05, 0) is 55.0 Å². The lowest BCUT2D eigenvalue weighted by Gasteiger charge is -2.33. The topological polar surface area (TPSA) is 57.5 Å². The Balaban J connectivity index is 1.39. The van der Waals surface area contributed by atoms with Crippen LogP contribution in [0.15, 0.2) is 65.2 Å². The third kappa shape index (κ3) is 4.98. The zero-order chi connectivity index (χ0) is 19.9. The molecule has 1 aliphatic rings. The van der Waals surface area contributed by atoms with Crippen LogP contribution < -0.4 is 15.5 Å². The summed E-state index contributed by atoms with van der Waals surface area (Å²) in [4.78, 5) is 7.34.